The lowest BCUT2D eigenvalue weighted by Gasteiger charge is -2.63. The Kier molecular flexibility index (Phi) is 6.82. The zero-order valence-corrected chi connectivity index (χ0v) is 25.7. The third-order valence-electron chi connectivity index (χ3n) is 13.4. The van der Waals surface area contributed by atoms with Gasteiger partial charge in [0, 0.05) is 22.7 Å². The summed E-state index contributed by atoms with van der Waals surface area (Å²) in [6.07, 6.45) is -0.0978. The molecule has 0 spiro atoms. The molecule has 2 bridgehead atoms. The summed E-state index contributed by atoms with van der Waals surface area (Å²) in [5.74, 6) is -3.40. The summed E-state index contributed by atoms with van der Waals surface area (Å²) in [7, 11) is 0. The average molecular weight is 609 g/mol. The molecule has 6 saturated carbocycles. The predicted molar refractivity (Wildman–Crippen MR) is 148 cm³/mol. The molecule has 0 aromatic heterocycles. The second kappa shape index (κ2) is 9.57. The Morgan fingerprint density at radius 1 is 1.05 bits per heavy atom. The highest BCUT2D eigenvalue weighted by molar-refractivity contribution is 6.01. The van der Waals surface area contributed by atoms with E-state index >= 15 is 8.78 Å². The number of aliphatic hydroxyl groups is 1. The molecule has 0 aromatic carbocycles. The van der Waals surface area contributed by atoms with Gasteiger partial charge in [-0.05, 0) is 85.8 Å². The smallest absolute Gasteiger partial charge is 0.431 e. The number of esters is 1. The monoisotopic (exact) mass is 608 g/mol. The summed E-state index contributed by atoms with van der Waals surface area (Å²) in [6, 6.07) is 0. The van der Waals surface area contributed by atoms with Gasteiger partial charge in [0.1, 0.15) is 12.3 Å². The lowest BCUT2D eigenvalue weighted by molar-refractivity contribution is -0.237. The number of halogens is 3. The molecule has 43 heavy (non-hydrogen) atoms. The van der Waals surface area contributed by atoms with Crippen molar-refractivity contribution < 1.29 is 46.9 Å². The molecule has 7 nitrogen and oxygen atoms in total. The Morgan fingerprint density at radius 2 is 1.74 bits per heavy atom. The van der Waals surface area contributed by atoms with E-state index in [1.807, 2.05) is 6.92 Å². The van der Waals surface area contributed by atoms with Gasteiger partial charge >= 0.3 is 12.1 Å². The minimum atomic E-state index is -2.38. The van der Waals surface area contributed by atoms with E-state index in [0.29, 0.717) is 18.3 Å². The van der Waals surface area contributed by atoms with E-state index < -0.39 is 83.0 Å². The number of aliphatic hydroxyl groups excluding tert-OH is 1. The lowest BCUT2D eigenvalue weighted by atomic mass is 9.44. The van der Waals surface area contributed by atoms with Crippen LogP contribution in [0.3, 0.4) is 0 Å². The molecule has 7 aliphatic carbocycles. The standard InChI is InChI=1S/C33H43F3O7/c1-16-9-21-22-13-24(35)23-12-19(37)7-8-30(23,5)32(22,36)26(38)14-31(21,6)33(16,27(39)41-15-34)43-28(40)42-25-11-18-10-20(17(25)2)29(18,3)4/h7-8,12,16-18,20-22,24-26,38H,9-11,13-15H2,1-6H3/t16-,17-,18+,20-,21+,22+,24+,25-,26+,30+,31+,32?,33-/m1/s1. The summed E-state index contributed by atoms with van der Waals surface area (Å²) in [5.41, 5.74) is -7.40. The van der Waals surface area contributed by atoms with E-state index in [0.717, 1.165) is 12.5 Å². The fourth-order valence-corrected chi connectivity index (χ4v) is 10.9. The predicted octanol–water partition coefficient (Wildman–Crippen LogP) is 5.98. The second-order valence-corrected chi connectivity index (χ2v) is 15.2. The van der Waals surface area contributed by atoms with Crippen molar-refractivity contribution in [2.75, 3.05) is 6.86 Å². The molecule has 6 fully saturated rings. The first-order valence-electron chi connectivity index (χ1n) is 15.6. The van der Waals surface area contributed by atoms with Gasteiger partial charge in [-0.25, -0.2) is 22.8 Å². The Hall–Kier alpha value is -2.36. The Morgan fingerprint density at radius 3 is 2.37 bits per heavy atom. The normalized spacial score (nSPS) is 50.8. The summed E-state index contributed by atoms with van der Waals surface area (Å²) in [5, 5.41) is 11.6. The van der Waals surface area contributed by atoms with Crippen LogP contribution in [0.1, 0.15) is 73.6 Å². The maximum atomic E-state index is 17.6. The molecule has 0 aliphatic heterocycles. The first-order valence-corrected chi connectivity index (χ1v) is 15.6. The Bertz CT molecular complexity index is 1300. The third kappa shape index (κ3) is 3.73. The number of allylic oxidation sites excluding steroid dienone is 4. The molecule has 0 aromatic rings. The quantitative estimate of drug-likeness (QED) is 0.392. The van der Waals surface area contributed by atoms with Gasteiger partial charge in [0.05, 0.1) is 6.10 Å². The summed E-state index contributed by atoms with van der Waals surface area (Å²) in [6.45, 7) is 9.74. The van der Waals surface area contributed by atoms with Crippen LogP contribution in [0.5, 0.6) is 0 Å². The molecule has 0 radical (unpaired) electrons. The number of hydrogen-bond acceptors (Lipinski definition) is 7. The van der Waals surface area contributed by atoms with Gasteiger partial charge in [-0.1, -0.05) is 40.7 Å². The van der Waals surface area contributed by atoms with Gasteiger partial charge in [0.2, 0.25) is 12.5 Å². The average Bonchev–Trinajstić information content (AvgIpc) is 3.14. The number of hydrogen-bond donors (Lipinski definition) is 1. The first kappa shape index (κ1) is 30.7. The zero-order valence-electron chi connectivity index (χ0n) is 25.7. The summed E-state index contributed by atoms with van der Waals surface area (Å²) >= 11 is 0. The highest BCUT2D eigenvalue weighted by atomic mass is 19.1. The van der Waals surface area contributed by atoms with Crippen molar-refractivity contribution >= 4 is 17.9 Å². The maximum Gasteiger partial charge on any atom is 0.509 e. The van der Waals surface area contributed by atoms with E-state index in [9.17, 15) is 23.9 Å². The molecule has 10 heteroatoms. The number of ether oxygens (including phenoxy) is 3. The fraction of sp³-hybridized carbons (Fsp3) is 0.788. The molecule has 0 amide bonds. The highest BCUT2D eigenvalue weighted by Gasteiger charge is 2.79. The number of fused-ring (bicyclic) bond motifs is 7. The lowest BCUT2D eigenvalue weighted by Crippen LogP contribution is -2.71. The largest absolute Gasteiger partial charge is 0.509 e. The van der Waals surface area contributed by atoms with E-state index in [2.05, 4.69) is 13.8 Å². The number of rotatable bonds is 4. The van der Waals surface area contributed by atoms with E-state index in [4.69, 9.17) is 14.2 Å². The van der Waals surface area contributed by atoms with E-state index in [1.165, 1.54) is 19.1 Å². The Labute approximate surface area is 250 Å². The van der Waals surface area contributed by atoms with Gasteiger partial charge in [0.15, 0.2) is 11.5 Å². The van der Waals surface area contributed by atoms with Crippen molar-refractivity contribution in [3.63, 3.8) is 0 Å². The van der Waals surface area contributed by atoms with Crippen LogP contribution in [0.25, 0.3) is 0 Å². The van der Waals surface area contributed by atoms with Gasteiger partial charge in [-0.15, -0.1) is 0 Å². The van der Waals surface area contributed by atoms with Crippen LogP contribution in [-0.4, -0.2) is 59.5 Å². The van der Waals surface area contributed by atoms with Crippen LogP contribution in [0.4, 0.5) is 18.0 Å². The number of alkyl halides is 3. The fourth-order valence-electron chi connectivity index (χ4n) is 10.9. The molecular weight excluding hydrogens is 565 g/mol. The van der Waals surface area contributed by atoms with E-state index in [1.54, 1.807) is 13.8 Å². The third-order valence-corrected chi connectivity index (χ3v) is 13.4. The van der Waals surface area contributed by atoms with Gasteiger partial charge in [-0.2, -0.15) is 0 Å². The SMILES string of the molecule is C[C@@H]1[C@H]2C[C@@H](C[C@H]1OC(=O)O[C@@]1(C(=O)OCF)[C@H](C)C[C@H]3[C@@H]4C[C@H](F)C5=CC(=O)C=C[C@]5(C)C4(F)[C@@H](O)C[C@@]31C)C2(C)C. The van der Waals surface area contributed by atoms with Crippen molar-refractivity contribution in [1.29, 1.82) is 0 Å². The number of carbonyl (C=O) groups is 3. The van der Waals surface area contributed by atoms with Crippen molar-refractivity contribution in [3.05, 3.63) is 23.8 Å². The van der Waals surface area contributed by atoms with Crippen molar-refractivity contribution in [1.82, 2.24) is 0 Å². The van der Waals surface area contributed by atoms with Crippen LogP contribution in [-0.2, 0) is 23.8 Å². The maximum absolute atomic E-state index is 17.6. The zero-order chi connectivity index (χ0) is 31.5. The molecule has 0 heterocycles. The van der Waals surface area contributed by atoms with Crippen molar-refractivity contribution in [2.45, 2.75) is 103 Å². The van der Waals surface area contributed by atoms with Crippen LogP contribution in [0.15, 0.2) is 23.8 Å². The molecule has 7 aliphatic rings. The first-order chi connectivity index (χ1) is 20.0. The summed E-state index contributed by atoms with van der Waals surface area (Å²) < 4.78 is 63.6. The molecule has 7 rings (SSSR count). The minimum absolute atomic E-state index is 0.0155. The van der Waals surface area contributed by atoms with Crippen LogP contribution < -0.4 is 0 Å². The molecular formula is C33H43F3O7. The molecule has 238 valence electrons. The van der Waals surface area contributed by atoms with Gasteiger partial charge in [0.25, 0.3) is 0 Å². The molecule has 1 unspecified atom stereocenters. The molecule has 1 N–H and O–H groups in total. The molecule has 13 atom stereocenters. The van der Waals surface area contributed by atoms with Crippen LogP contribution in [0.2, 0.25) is 0 Å². The topological polar surface area (TPSA) is 99.1 Å². The summed E-state index contributed by atoms with van der Waals surface area (Å²) in [4.78, 5) is 39.4. The minimum Gasteiger partial charge on any atom is -0.431 e. The van der Waals surface area contributed by atoms with Gasteiger partial charge < -0.3 is 19.3 Å². The van der Waals surface area contributed by atoms with Crippen molar-refractivity contribution in [2.24, 2.45) is 51.8 Å². The number of ketones is 1. The van der Waals surface area contributed by atoms with E-state index in [-0.39, 0.29) is 36.2 Å². The van der Waals surface area contributed by atoms with Crippen molar-refractivity contribution in [3.8, 4) is 0 Å². The number of carbonyl (C=O) groups excluding carboxylic acids is 3. The van der Waals surface area contributed by atoms with Crippen LogP contribution >= 0.6 is 0 Å². The van der Waals surface area contributed by atoms with Crippen LogP contribution in [0, 0.1) is 51.8 Å². The molecule has 0 saturated heterocycles. The Balaban J connectivity index is 1.35. The second-order valence-electron chi connectivity index (χ2n) is 15.2. The van der Waals surface area contributed by atoms with Gasteiger partial charge in [-0.3, -0.25) is 4.79 Å². The highest BCUT2D eigenvalue weighted by Crippen LogP contribution is 2.72.